The summed E-state index contributed by atoms with van der Waals surface area (Å²) in [5.41, 5.74) is 8.92. The summed E-state index contributed by atoms with van der Waals surface area (Å²) in [6, 6.07) is 14.7. The van der Waals surface area contributed by atoms with Gasteiger partial charge in [-0.1, -0.05) is 95.0 Å². The van der Waals surface area contributed by atoms with Crippen LogP contribution in [0.3, 0.4) is 0 Å². The van der Waals surface area contributed by atoms with Crippen LogP contribution in [-0.4, -0.2) is 0 Å². The van der Waals surface area contributed by atoms with E-state index in [-0.39, 0.29) is 5.41 Å². The summed E-state index contributed by atoms with van der Waals surface area (Å²) >= 11 is 0. The molecule has 2 rings (SSSR count). The Bertz CT molecular complexity index is 684. The minimum atomic E-state index is 0.108. The van der Waals surface area contributed by atoms with E-state index in [1.165, 1.54) is 52.6 Å². The first kappa shape index (κ1) is 21.7. The summed E-state index contributed by atoms with van der Waals surface area (Å²) in [5.74, 6) is 0.672. The second-order valence-corrected chi connectivity index (χ2v) is 8.34. The fourth-order valence-electron chi connectivity index (χ4n) is 5.13. The van der Waals surface area contributed by atoms with E-state index in [0.717, 1.165) is 19.3 Å². The maximum atomic E-state index is 2.50. The largest absolute Gasteiger partial charge is 0.0654 e. The number of benzene rings is 2. The molecular formula is C27H40. The van der Waals surface area contributed by atoms with E-state index in [9.17, 15) is 0 Å². The quantitative estimate of drug-likeness (QED) is 0.423. The molecule has 0 amide bonds. The molecule has 27 heavy (non-hydrogen) atoms. The van der Waals surface area contributed by atoms with Gasteiger partial charge in [-0.15, -0.1) is 0 Å². The summed E-state index contributed by atoms with van der Waals surface area (Å²) in [6.45, 7) is 16.2. The average Bonchev–Trinajstić information content (AvgIpc) is 2.67. The van der Waals surface area contributed by atoms with Gasteiger partial charge >= 0.3 is 0 Å². The molecule has 0 bridgehead atoms. The Morgan fingerprint density at radius 2 is 1.19 bits per heavy atom. The Kier molecular flexibility index (Phi) is 7.71. The van der Waals surface area contributed by atoms with Crippen LogP contribution in [0.4, 0.5) is 0 Å². The lowest BCUT2D eigenvalue weighted by Crippen LogP contribution is -2.36. The Morgan fingerprint density at radius 3 is 1.52 bits per heavy atom. The predicted molar refractivity (Wildman–Crippen MR) is 121 cm³/mol. The van der Waals surface area contributed by atoms with E-state index in [1.807, 2.05) is 0 Å². The van der Waals surface area contributed by atoms with Crippen molar-refractivity contribution in [3.63, 3.8) is 0 Å². The van der Waals surface area contributed by atoms with E-state index >= 15 is 0 Å². The highest BCUT2D eigenvalue weighted by Crippen LogP contribution is 2.47. The van der Waals surface area contributed by atoms with Gasteiger partial charge in [-0.25, -0.2) is 0 Å². The molecule has 0 spiro atoms. The maximum absolute atomic E-state index is 2.50. The standard InChI is InChI=1S/C27H40/c1-8-13-24(11-4)27(12-5,25-16-20(6)14-22(9-2)18-25)26-17-21(7)15-23(10-3)19-26/h14-19,24H,8-13H2,1-7H3. The van der Waals surface area contributed by atoms with Crippen LogP contribution in [0.15, 0.2) is 36.4 Å². The molecule has 2 aromatic carbocycles. The summed E-state index contributed by atoms with van der Waals surface area (Å²) < 4.78 is 0. The lowest BCUT2D eigenvalue weighted by Gasteiger charge is -2.42. The SMILES string of the molecule is CCCC(CC)C(CC)(c1cc(C)cc(CC)c1)c1cc(C)cc(CC)c1. The number of aryl methyl sites for hydroxylation is 4. The summed E-state index contributed by atoms with van der Waals surface area (Å²) in [7, 11) is 0. The van der Waals surface area contributed by atoms with E-state index < -0.39 is 0 Å². The fraction of sp³-hybridized carbons (Fsp3) is 0.556. The van der Waals surface area contributed by atoms with E-state index in [1.54, 1.807) is 0 Å². The molecule has 0 N–H and O–H groups in total. The molecule has 0 aliphatic heterocycles. The molecule has 0 aliphatic rings. The van der Waals surface area contributed by atoms with Crippen LogP contribution in [0.5, 0.6) is 0 Å². The molecule has 0 aromatic heterocycles. The van der Waals surface area contributed by atoms with Crippen LogP contribution in [0, 0.1) is 19.8 Å². The van der Waals surface area contributed by atoms with Crippen molar-refractivity contribution in [3.8, 4) is 0 Å². The molecular weight excluding hydrogens is 324 g/mol. The molecule has 1 atom stereocenters. The number of rotatable bonds is 9. The topological polar surface area (TPSA) is 0 Å². The third kappa shape index (κ3) is 4.48. The minimum absolute atomic E-state index is 0.108. The van der Waals surface area contributed by atoms with E-state index in [0.29, 0.717) is 5.92 Å². The van der Waals surface area contributed by atoms with Crippen molar-refractivity contribution in [3.05, 3.63) is 69.8 Å². The molecule has 1 unspecified atom stereocenters. The second-order valence-electron chi connectivity index (χ2n) is 8.34. The molecule has 0 nitrogen and oxygen atoms in total. The molecule has 0 heteroatoms. The first-order chi connectivity index (χ1) is 12.9. The highest BCUT2D eigenvalue weighted by Gasteiger charge is 2.39. The molecule has 2 aromatic rings. The van der Waals surface area contributed by atoms with E-state index in [4.69, 9.17) is 0 Å². The lowest BCUT2D eigenvalue weighted by molar-refractivity contribution is 0.279. The lowest BCUT2D eigenvalue weighted by atomic mass is 9.61. The van der Waals surface area contributed by atoms with Crippen LogP contribution in [0.2, 0.25) is 0 Å². The Labute approximate surface area is 168 Å². The van der Waals surface area contributed by atoms with Gasteiger partial charge in [0.15, 0.2) is 0 Å². The van der Waals surface area contributed by atoms with Crippen LogP contribution in [0.1, 0.15) is 93.7 Å². The van der Waals surface area contributed by atoms with Crippen molar-refractivity contribution in [1.82, 2.24) is 0 Å². The summed E-state index contributed by atoms with van der Waals surface area (Å²) in [5, 5.41) is 0. The predicted octanol–water partition coefficient (Wildman–Crippen LogP) is 7.95. The molecule has 148 valence electrons. The van der Waals surface area contributed by atoms with Crippen molar-refractivity contribution in [1.29, 1.82) is 0 Å². The number of hydrogen-bond acceptors (Lipinski definition) is 0. The zero-order valence-electron chi connectivity index (χ0n) is 18.8. The first-order valence-electron chi connectivity index (χ1n) is 11.2. The van der Waals surface area contributed by atoms with Crippen molar-refractivity contribution in [2.45, 2.75) is 92.4 Å². The van der Waals surface area contributed by atoms with Gasteiger partial charge in [0, 0.05) is 5.41 Å². The van der Waals surface area contributed by atoms with Gasteiger partial charge < -0.3 is 0 Å². The molecule has 0 aliphatic carbocycles. The zero-order chi connectivity index (χ0) is 20.0. The first-order valence-corrected chi connectivity index (χ1v) is 11.2. The molecule has 0 saturated carbocycles. The van der Waals surface area contributed by atoms with Gasteiger partial charge in [-0.3, -0.25) is 0 Å². The van der Waals surface area contributed by atoms with Crippen molar-refractivity contribution in [2.75, 3.05) is 0 Å². The fourth-order valence-corrected chi connectivity index (χ4v) is 5.13. The Balaban J connectivity index is 2.82. The molecule has 0 radical (unpaired) electrons. The van der Waals surface area contributed by atoms with Crippen LogP contribution >= 0.6 is 0 Å². The normalized spacial score (nSPS) is 13.0. The van der Waals surface area contributed by atoms with Crippen molar-refractivity contribution in [2.24, 2.45) is 5.92 Å². The van der Waals surface area contributed by atoms with Gasteiger partial charge in [-0.2, -0.15) is 0 Å². The van der Waals surface area contributed by atoms with Crippen molar-refractivity contribution >= 4 is 0 Å². The second kappa shape index (κ2) is 9.58. The van der Waals surface area contributed by atoms with Crippen LogP contribution in [-0.2, 0) is 18.3 Å². The Morgan fingerprint density at radius 1 is 0.704 bits per heavy atom. The van der Waals surface area contributed by atoms with Gasteiger partial charge in [0.05, 0.1) is 0 Å². The highest BCUT2D eigenvalue weighted by atomic mass is 14.4. The molecule has 0 saturated heterocycles. The summed E-state index contributed by atoms with van der Waals surface area (Å²) in [6.07, 6.45) is 7.13. The molecule has 0 heterocycles. The third-order valence-corrected chi connectivity index (χ3v) is 6.51. The molecule has 0 fully saturated rings. The Hall–Kier alpha value is -1.56. The van der Waals surface area contributed by atoms with Gasteiger partial charge in [0.1, 0.15) is 0 Å². The highest BCUT2D eigenvalue weighted by molar-refractivity contribution is 5.46. The van der Waals surface area contributed by atoms with E-state index in [2.05, 4.69) is 84.9 Å². The summed E-state index contributed by atoms with van der Waals surface area (Å²) in [4.78, 5) is 0. The smallest absolute Gasteiger partial charge is 0.0228 e. The third-order valence-electron chi connectivity index (χ3n) is 6.51. The zero-order valence-corrected chi connectivity index (χ0v) is 18.8. The average molecular weight is 365 g/mol. The maximum Gasteiger partial charge on any atom is 0.0228 e. The number of hydrogen-bond donors (Lipinski definition) is 0. The van der Waals surface area contributed by atoms with Gasteiger partial charge in [-0.05, 0) is 67.7 Å². The van der Waals surface area contributed by atoms with Gasteiger partial charge in [0.2, 0.25) is 0 Å². The monoisotopic (exact) mass is 364 g/mol. The minimum Gasteiger partial charge on any atom is -0.0654 e. The van der Waals surface area contributed by atoms with Gasteiger partial charge in [0.25, 0.3) is 0 Å². The van der Waals surface area contributed by atoms with Crippen LogP contribution < -0.4 is 0 Å². The van der Waals surface area contributed by atoms with Crippen molar-refractivity contribution < 1.29 is 0 Å². The van der Waals surface area contributed by atoms with Crippen LogP contribution in [0.25, 0.3) is 0 Å².